The number of halogens is 1. The quantitative estimate of drug-likeness (QED) is 0.644. The summed E-state index contributed by atoms with van der Waals surface area (Å²) in [5.41, 5.74) is 1.78. The van der Waals surface area contributed by atoms with Crippen molar-refractivity contribution in [3.05, 3.63) is 60.0 Å². The molecule has 0 N–H and O–H groups in total. The second kappa shape index (κ2) is 4.15. The Morgan fingerprint density at radius 2 is 1.76 bits per heavy atom. The molecule has 0 radical (unpaired) electrons. The minimum Gasteiger partial charge on any atom is -0.243 e. The first-order valence-corrected chi connectivity index (χ1v) is 5.67. The number of aromatic nitrogens is 2. The standard InChI is InChI=1S/C14H9ClN2/c15-13-8-16-9-17-14(13)12-6-5-10-3-1-2-4-11(10)7-12/h1-9H. The summed E-state index contributed by atoms with van der Waals surface area (Å²) >= 11 is 6.08. The molecule has 1 heterocycles. The van der Waals surface area contributed by atoms with Gasteiger partial charge in [0.05, 0.1) is 10.7 Å². The highest BCUT2D eigenvalue weighted by atomic mass is 35.5. The van der Waals surface area contributed by atoms with E-state index in [1.165, 1.54) is 17.1 Å². The van der Waals surface area contributed by atoms with E-state index >= 15 is 0 Å². The van der Waals surface area contributed by atoms with Crippen molar-refractivity contribution >= 4 is 22.4 Å². The molecule has 82 valence electrons. The van der Waals surface area contributed by atoms with Crippen LogP contribution in [0.5, 0.6) is 0 Å². The largest absolute Gasteiger partial charge is 0.243 e. The van der Waals surface area contributed by atoms with Crippen molar-refractivity contribution in [3.63, 3.8) is 0 Å². The molecule has 2 nitrogen and oxygen atoms in total. The molecule has 0 fully saturated rings. The Hall–Kier alpha value is -1.93. The highest BCUT2D eigenvalue weighted by Crippen LogP contribution is 2.27. The molecule has 0 saturated carbocycles. The minimum atomic E-state index is 0.572. The van der Waals surface area contributed by atoms with Gasteiger partial charge in [-0.2, -0.15) is 0 Å². The Kier molecular flexibility index (Phi) is 2.50. The number of hydrogen-bond donors (Lipinski definition) is 0. The van der Waals surface area contributed by atoms with Crippen LogP contribution < -0.4 is 0 Å². The topological polar surface area (TPSA) is 25.8 Å². The van der Waals surface area contributed by atoms with Gasteiger partial charge in [0.1, 0.15) is 6.33 Å². The molecule has 0 spiro atoms. The van der Waals surface area contributed by atoms with Crippen LogP contribution in [0, 0.1) is 0 Å². The van der Waals surface area contributed by atoms with E-state index in [1.807, 2.05) is 18.2 Å². The molecule has 0 aliphatic rings. The third kappa shape index (κ3) is 1.87. The molecule has 1 aromatic heterocycles. The van der Waals surface area contributed by atoms with Crippen LogP contribution >= 0.6 is 11.6 Å². The van der Waals surface area contributed by atoms with Gasteiger partial charge in [0.25, 0.3) is 0 Å². The normalized spacial score (nSPS) is 10.6. The Morgan fingerprint density at radius 3 is 2.59 bits per heavy atom. The molecule has 2 aromatic carbocycles. The van der Waals surface area contributed by atoms with E-state index in [0.29, 0.717) is 5.02 Å². The Morgan fingerprint density at radius 1 is 0.941 bits per heavy atom. The van der Waals surface area contributed by atoms with Gasteiger partial charge in [-0.05, 0) is 16.8 Å². The first-order chi connectivity index (χ1) is 8.34. The van der Waals surface area contributed by atoms with Gasteiger partial charge in [-0.15, -0.1) is 0 Å². The van der Waals surface area contributed by atoms with E-state index in [-0.39, 0.29) is 0 Å². The third-order valence-corrected chi connectivity index (χ3v) is 2.97. The average molecular weight is 241 g/mol. The molecule has 0 atom stereocenters. The number of fused-ring (bicyclic) bond motifs is 1. The zero-order valence-electron chi connectivity index (χ0n) is 8.97. The Balaban J connectivity index is 2.22. The molecule has 0 unspecified atom stereocenters. The number of rotatable bonds is 1. The van der Waals surface area contributed by atoms with E-state index in [1.54, 1.807) is 6.20 Å². The second-order valence-electron chi connectivity index (χ2n) is 3.78. The smallest absolute Gasteiger partial charge is 0.116 e. The summed E-state index contributed by atoms with van der Waals surface area (Å²) in [5, 5.41) is 2.96. The predicted octanol–water partition coefficient (Wildman–Crippen LogP) is 3.95. The van der Waals surface area contributed by atoms with Gasteiger partial charge in [0.15, 0.2) is 0 Å². The fraction of sp³-hybridized carbons (Fsp3) is 0. The molecule has 17 heavy (non-hydrogen) atoms. The predicted molar refractivity (Wildman–Crippen MR) is 70.0 cm³/mol. The van der Waals surface area contributed by atoms with Gasteiger partial charge in [0.2, 0.25) is 0 Å². The summed E-state index contributed by atoms with van der Waals surface area (Å²) in [7, 11) is 0. The van der Waals surface area contributed by atoms with Crippen LogP contribution in [-0.2, 0) is 0 Å². The first kappa shape index (κ1) is 10.2. The summed E-state index contributed by atoms with van der Waals surface area (Å²) in [6.07, 6.45) is 3.12. The van der Waals surface area contributed by atoms with Crippen LogP contribution in [0.1, 0.15) is 0 Å². The number of nitrogens with zero attached hydrogens (tertiary/aromatic N) is 2. The maximum atomic E-state index is 6.08. The number of benzene rings is 2. The van der Waals surface area contributed by atoms with E-state index in [0.717, 1.165) is 11.3 Å². The van der Waals surface area contributed by atoms with Crippen LogP contribution in [0.4, 0.5) is 0 Å². The van der Waals surface area contributed by atoms with Gasteiger partial charge in [0, 0.05) is 11.8 Å². The number of hydrogen-bond acceptors (Lipinski definition) is 2. The maximum Gasteiger partial charge on any atom is 0.116 e. The molecule has 3 aromatic rings. The highest BCUT2D eigenvalue weighted by Gasteiger charge is 2.05. The lowest BCUT2D eigenvalue weighted by atomic mass is 10.1. The minimum absolute atomic E-state index is 0.572. The lowest BCUT2D eigenvalue weighted by Crippen LogP contribution is -1.86. The van der Waals surface area contributed by atoms with Crippen LogP contribution in [0.15, 0.2) is 55.0 Å². The SMILES string of the molecule is Clc1cncnc1-c1ccc2ccccc2c1. The van der Waals surface area contributed by atoms with Crippen molar-refractivity contribution in [1.82, 2.24) is 9.97 Å². The van der Waals surface area contributed by atoms with Gasteiger partial charge in [-0.1, -0.05) is 48.0 Å². The van der Waals surface area contributed by atoms with Crippen molar-refractivity contribution in [1.29, 1.82) is 0 Å². The van der Waals surface area contributed by atoms with Crippen LogP contribution in [-0.4, -0.2) is 9.97 Å². The van der Waals surface area contributed by atoms with E-state index in [9.17, 15) is 0 Å². The summed E-state index contributed by atoms with van der Waals surface area (Å²) in [6, 6.07) is 14.4. The van der Waals surface area contributed by atoms with Gasteiger partial charge in [-0.3, -0.25) is 0 Å². The van der Waals surface area contributed by atoms with Crippen molar-refractivity contribution in [2.45, 2.75) is 0 Å². The van der Waals surface area contributed by atoms with Crippen molar-refractivity contribution in [2.24, 2.45) is 0 Å². The summed E-state index contributed by atoms with van der Waals surface area (Å²) in [6.45, 7) is 0. The maximum absolute atomic E-state index is 6.08. The van der Waals surface area contributed by atoms with Gasteiger partial charge >= 0.3 is 0 Å². The highest BCUT2D eigenvalue weighted by molar-refractivity contribution is 6.32. The van der Waals surface area contributed by atoms with Crippen molar-refractivity contribution in [3.8, 4) is 11.3 Å². The fourth-order valence-corrected chi connectivity index (χ4v) is 2.08. The van der Waals surface area contributed by atoms with E-state index < -0.39 is 0 Å². The molecule has 3 rings (SSSR count). The van der Waals surface area contributed by atoms with Crippen LogP contribution in [0.25, 0.3) is 22.0 Å². The zero-order chi connectivity index (χ0) is 11.7. The molecular weight excluding hydrogens is 232 g/mol. The molecule has 0 saturated heterocycles. The van der Waals surface area contributed by atoms with Crippen molar-refractivity contribution in [2.75, 3.05) is 0 Å². The summed E-state index contributed by atoms with van der Waals surface area (Å²) in [5.74, 6) is 0. The average Bonchev–Trinajstić information content (AvgIpc) is 2.39. The summed E-state index contributed by atoms with van der Waals surface area (Å²) < 4.78 is 0. The zero-order valence-corrected chi connectivity index (χ0v) is 9.72. The van der Waals surface area contributed by atoms with Crippen molar-refractivity contribution < 1.29 is 0 Å². The molecule has 0 aliphatic carbocycles. The first-order valence-electron chi connectivity index (χ1n) is 5.29. The van der Waals surface area contributed by atoms with Gasteiger partial charge < -0.3 is 0 Å². The lowest BCUT2D eigenvalue weighted by Gasteiger charge is -2.04. The Bertz CT molecular complexity index is 680. The summed E-state index contributed by atoms with van der Waals surface area (Å²) in [4.78, 5) is 8.10. The lowest BCUT2D eigenvalue weighted by molar-refractivity contribution is 1.17. The Labute approximate surface area is 104 Å². The van der Waals surface area contributed by atoms with E-state index in [2.05, 4.69) is 34.2 Å². The van der Waals surface area contributed by atoms with Crippen LogP contribution in [0.2, 0.25) is 5.02 Å². The van der Waals surface area contributed by atoms with Crippen LogP contribution in [0.3, 0.4) is 0 Å². The monoisotopic (exact) mass is 240 g/mol. The molecule has 3 heteroatoms. The fourth-order valence-electron chi connectivity index (χ4n) is 1.86. The molecule has 0 amide bonds. The van der Waals surface area contributed by atoms with Gasteiger partial charge in [-0.25, -0.2) is 9.97 Å². The molecule has 0 bridgehead atoms. The molecular formula is C14H9ClN2. The van der Waals surface area contributed by atoms with E-state index in [4.69, 9.17) is 11.6 Å². The molecule has 0 aliphatic heterocycles. The third-order valence-electron chi connectivity index (χ3n) is 2.69. The second-order valence-corrected chi connectivity index (χ2v) is 4.19.